The Balaban J connectivity index is 2.15. The fourth-order valence-electron chi connectivity index (χ4n) is 2.54. The van der Waals surface area contributed by atoms with Gasteiger partial charge in [0.15, 0.2) is 0 Å². The van der Waals surface area contributed by atoms with Crippen molar-refractivity contribution < 1.29 is 17.9 Å². The first-order valence-electron chi connectivity index (χ1n) is 7.03. The molecule has 0 amide bonds. The molecule has 0 bridgehead atoms. The van der Waals surface area contributed by atoms with Crippen molar-refractivity contribution in [1.29, 1.82) is 5.26 Å². The molecule has 1 aromatic carbocycles. The molecule has 4 nitrogen and oxygen atoms in total. The summed E-state index contributed by atoms with van der Waals surface area (Å²) in [4.78, 5) is 3.89. The normalized spacial score (nSPS) is 16.6. The Kier molecular flexibility index (Phi) is 5.27. The highest BCUT2D eigenvalue weighted by molar-refractivity contribution is 5.58. The molecule has 7 heteroatoms. The highest BCUT2D eigenvalue weighted by Crippen LogP contribution is 2.37. The van der Waals surface area contributed by atoms with Crippen molar-refractivity contribution in [2.75, 3.05) is 51.3 Å². The minimum absolute atomic E-state index is 0.0230. The lowest BCUT2D eigenvalue weighted by Crippen LogP contribution is -2.47. The Morgan fingerprint density at radius 1 is 1.23 bits per heavy atom. The summed E-state index contributed by atoms with van der Waals surface area (Å²) in [7, 11) is 1.63. The monoisotopic (exact) mass is 313 g/mol. The van der Waals surface area contributed by atoms with Crippen LogP contribution in [-0.4, -0.2) is 51.3 Å². The Morgan fingerprint density at radius 3 is 2.45 bits per heavy atom. The number of ether oxygens (including phenoxy) is 1. The van der Waals surface area contributed by atoms with Crippen LogP contribution >= 0.6 is 0 Å². The predicted molar refractivity (Wildman–Crippen MR) is 76.7 cm³/mol. The van der Waals surface area contributed by atoms with Gasteiger partial charge in [-0.1, -0.05) is 0 Å². The minimum atomic E-state index is -4.46. The van der Waals surface area contributed by atoms with Crippen molar-refractivity contribution in [2.45, 2.75) is 6.18 Å². The standard InChI is InChI=1S/C15H18F3N3O/c1-22-9-8-20-4-6-21(7-5-20)14-3-2-12(11-19)10-13(14)15(16,17)18/h2-3,10H,4-9H2,1H3. The Labute approximate surface area is 127 Å². The molecule has 0 N–H and O–H groups in total. The van der Waals surface area contributed by atoms with E-state index in [1.807, 2.05) is 0 Å². The van der Waals surface area contributed by atoms with E-state index < -0.39 is 11.7 Å². The summed E-state index contributed by atoms with van der Waals surface area (Å²) in [5.74, 6) is 0. The number of halogens is 3. The minimum Gasteiger partial charge on any atom is -0.383 e. The quantitative estimate of drug-likeness (QED) is 0.855. The first kappa shape index (κ1) is 16.6. The number of alkyl halides is 3. The summed E-state index contributed by atoms with van der Waals surface area (Å²) < 4.78 is 44.6. The maximum absolute atomic E-state index is 13.2. The molecule has 0 radical (unpaired) electrons. The lowest BCUT2D eigenvalue weighted by molar-refractivity contribution is -0.137. The molecule has 2 rings (SSSR count). The number of nitriles is 1. The fourth-order valence-corrected chi connectivity index (χ4v) is 2.54. The van der Waals surface area contributed by atoms with E-state index in [-0.39, 0.29) is 11.3 Å². The maximum atomic E-state index is 13.2. The summed E-state index contributed by atoms with van der Waals surface area (Å²) in [6.07, 6.45) is -4.46. The van der Waals surface area contributed by atoms with Crippen molar-refractivity contribution >= 4 is 5.69 Å². The van der Waals surface area contributed by atoms with E-state index in [2.05, 4.69) is 4.90 Å². The molecule has 0 spiro atoms. The SMILES string of the molecule is COCCN1CCN(c2ccc(C#N)cc2C(F)(F)F)CC1. The van der Waals surface area contributed by atoms with E-state index in [9.17, 15) is 13.2 Å². The second-order valence-corrected chi connectivity index (χ2v) is 5.16. The van der Waals surface area contributed by atoms with E-state index in [0.717, 1.165) is 12.6 Å². The van der Waals surface area contributed by atoms with E-state index in [0.29, 0.717) is 32.8 Å². The summed E-state index contributed by atoms with van der Waals surface area (Å²) >= 11 is 0. The van der Waals surface area contributed by atoms with Crippen molar-refractivity contribution in [3.05, 3.63) is 29.3 Å². The molecule has 22 heavy (non-hydrogen) atoms. The lowest BCUT2D eigenvalue weighted by atomic mass is 10.1. The number of nitrogens with zero attached hydrogens (tertiary/aromatic N) is 3. The molecule has 1 saturated heterocycles. The van der Waals surface area contributed by atoms with Gasteiger partial charge < -0.3 is 9.64 Å². The average Bonchev–Trinajstić information content (AvgIpc) is 2.52. The van der Waals surface area contributed by atoms with Gasteiger partial charge in [-0.05, 0) is 18.2 Å². The smallest absolute Gasteiger partial charge is 0.383 e. The largest absolute Gasteiger partial charge is 0.418 e. The third-order valence-electron chi connectivity index (χ3n) is 3.76. The van der Waals surface area contributed by atoms with Crippen molar-refractivity contribution in [3.63, 3.8) is 0 Å². The first-order valence-corrected chi connectivity index (χ1v) is 7.03. The zero-order valence-electron chi connectivity index (χ0n) is 12.4. The second-order valence-electron chi connectivity index (χ2n) is 5.16. The fraction of sp³-hybridized carbons (Fsp3) is 0.533. The van der Waals surface area contributed by atoms with Gasteiger partial charge in [0.25, 0.3) is 0 Å². The van der Waals surface area contributed by atoms with Crippen LogP contribution in [0, 0.1) is 11.3 Å². The molecule has 0 atom stereocenters. The number of piperazine rings is 1. The molecule has 0 aromatic heterocycles. The van der Waals surface area contributed by atoms with Crippen LogP contribution < -0.4 is 4.90 Å². The van der Waals surface area contributed by atoms with Crippen LogP contribution in [0.25, 0.3) is 0 Å². The van der Waals surface area contributed by atoms with Gasteiger partial charge in [0.05, 0.1) is 23.8 Å². The second kappa shape index (κ2) is 6.99. The molecular formula is C15H18F3N3O. The summed E-state index contributed by atoms with van der Waals surface area (Å²) in [5.41, 5.74) is -0.565. The average molecular weight is 313 g/mol. The maximum Gasteiger partial charge on any atom is 0.418 e. The molecule has 1 aromatic rings. The number of anilines is 1. The zero-order valence-corrected chi connectivity index (χ0v) is 12.4. The van der Waals surface area contributed by atoms with Crippen LogP contribution in [0.2, 0.25) is 0 Å². The van der Waals surface area contributed by atoms with Gasteiger partial charge in [-0.15, -0.1) is 0 Å². The molecule has 0 saturated carbocycles. The number of methoxy groups -OCH3 is 1. The molecular weight excluding hydrogens is 295 g/mol. The topological polar surface area (TPSA) is 39.5 Å². The highest BCUT2D eigenvalue weighted by atomic mass is 19.4. The van der Waals surface area contributed by atoms with Gasteiger partial charge in [-0.3, -0.25) is 4.90 Å². The molecule has 1 aliphatic rings. The highest BCUT2D eigenvalue weighted by Gasteiger charge is 2.35. The summed E-state index contributed by atoms with van der Waals surface area (Å²) in [6, 6.07) is 5.51. The van der Waals surface area contributed by atoms with Crippen LogP contribution in [0.4, 0.5) is 18.9 Å². The first-order chi connectivity index (χ1) is 10.5. The van der Waals surface area contributed by atoms with Crippen molar-refractivity contribution in [1.82, 2.24) is 4.90 Å². The van der Waals surface area contributed by atoms with Crippen LogP contribution in [0.3, 0.4) is 0 Å². The van der Waals surface area contributed by atoms with Crippen LogP contribution in [0.15, 0.2) is 18.2 Å². The number of benzene rings is 1. The van der Waals surface area contributed by atoms with Crippen LogP contribution in [0.5, 0.6) is 0 Å². The van der Waals surface area contributed by atoms with Gasteiger partial charge in [-0.2, -0.15) is 18.4 Å². The van der Waals surface area contributed by atoms with Crippen molar-refractivity contribution in [2.24, 2.45) is 0 Å². The van der Waals surface area contributed by atoms with E-state index in [1.54, 1.807) is 18.1 Å². The summed E-state index contributed by atoms with van der Waals surface area (Å²) in [6.45, 7) is 3.84. The number of hydrogen-bond donors (Lipinski definition) is 0. The molecule has 0 unspecified atom stereocenters. The summed E-state index contributed by atoms with van der Waals surface area (Å²) in [5, 5.41) is 8.80. The molecule has 1 fully saturated rings. The number of hydrogen-bond acceptors (Lipinski definition) is 4. The van der Waals surface area contributed by atoms with E-state index in [4.69, 9.17) is 10.00 Å². The molecule has 0 aliphatic carbocycles. The van der Waals surface area contributed by atoms with Crippen LogP contribution in [-0.2, 0) is 10.9 Å². The van der Waals surface area contributed by atoms with Gasteiger partial charge >= 0.3 is 6.18 Å². The van der Waals surface area contributed by atoms with Gasteiger partial charge in [-0.25, -0.2) is 0 Å². The third-order valence-corrected chi connectivity index (χ3v) is 3.76. The van der Waals surface area contributed by atoms with E-state index >= 15 is 0 Å². The Bertz CT molecular complexity index is 546. The van der Waals surface area contributed by atoms with Gasteiger partial charge in [0.2, 0.25) is 0 Å². The van der Waals surface area contributed by atoms with E-state index in [1.165, 1.54) is 12.1 Å². The zero-order chi connectivity index (χ0) is 16.2. The Hall–Kier alpha value is -1.78. The molecule has 1 aliphatic heterocycles. The Morgan fingerprint density at radius 2 is 1.91 bits per heavy atom. The molecule has 120 valence electrons. The van der Waals surface area contributed by atoms with Crippen molar-refractivity contribution in [3.8, 4) is 6.07 Å². The van der Waals surface area contributed by atoms with Gasteiger partial charge in [0, 0.05) is 45.5 Å². The number of rotatable bonds is 4. The lowest BCUT2D eigenvalue weighted by Gasteiger charge is -2.37. The third kappa shape index (κ3) is 3.90. The van der Waals surface area contributed by atoms with Crippen LogP contribution in [0.1, 0.15) is 11.1 Å². The molecule has 1 heterocycles. The predicted octanol–water partition coefficient (Wildman–Crippen LogP) is 2.35. The van der Waals surface area contributed by atoms with Gasteiger partial charge in [0.1, 0.15) is 0 Å².